The van der Waals surface area contributed by atoms with E-state index in [2.05, 4.69) is 17.4 Å². The van der Waals surface area contributed by atoms with Gasteiger partial charge >= 0.3 is 0 Å². The van der Waals surface area contributed by atoms with Gasteiger partial charge in [-0.15, -0.1) is 0 Å². The molecule has 86 valence electrons. The Labute approximate surface area is 95.8 Å². The largest absolute Gasteiger partial charge is 0.374 e. The van der Waals surface area contributed by atoms with Crippen molar-refractivity contribution < 1.29 is 9.53 Å². The molecule has 1 unspecified atom stereocenters. The fraction of sp³-hybridized carbons (Fsp3) is 0.462. The minimum atomic E-state index is -0.0820. The fourth-order valence-corrected chi connectivity index (χ4v) is 1.99. The highest BCUT2D eigenvalue weighted by molar-refractivity contribution is 5.85. The van der Waals surface area contributed by atoms with E-state index in [-0.39, 0.29) is 18.4 Å². The van der Waals surface area contributed by atoms with E-state index in [0.29, 0.717) is 6.61 Å². The number of rotatable bonds is 4. The average Bonchev–Trinajstić information content (AvgIpc) is 2.35. The highest BCUT2D eigenvalue weighted by Crippen LogP contribution is 2.16. The maximum Gasteiger partial charge on any atom is 0.175 e. The van der Waals surface area contributed by atoms with E-state index < -0.39 is 0 Å². The van der Waals surface area contributed by atoms with Crippen LogP contribution in [0.2, 0.25) is 0 Å². The van der Waals surface area contributed by atoms with Gasteiger partial charge in [-0.05, 0) is 24.5 Å². The summed E-state index contributed by atoms with van der Waals surface area (Å²) in [5.41, 5.74) is 2.57. The molecule has 0 aliphatic carbocycles. The highest BCUT2D eigenvalue weighted by atomic mass is 16.5. The molecule has 0 aromatic heterocycles. The summed E-state index contributed by atoms with van der Waals surface area (Å²) in [6.07, 6.45) is 0.780. The van der Waals surface area contributed by atoms with E-state index in [1.807, 2.05) is 19.1 Å². The molecule has 1 aromatic rings. The molecule has 0 bridgehead atoms. The number of benzene rings is 1. The molecule has 3 nitrogen and oxygen atoms in total. The zero-order valence-electron chi connectivity index (χ0n) is 9.53. The molecule has 1 aliphatic heterocycles. The smallest absolute Gasteiger partial charge is 0.175 e. The predicted molar refractivity (Wildman–Crippen MR) is 62.3 cm³/mol. The average molecular weight is 219 g/mol. The summed E-state index contributed by atoms with van der Waals surface area (Å²) in [4.78, 5) is 11.8. The minimum Gasteiger partial charge on any atom is -0.374 e. The van der Waals surface area contributed by atoms with Crippen molar-refractivity contribution >= 4 is 5.78 Å². The van der Waals surface area contributed by atoms with E-state index in [4.69, 9.17) is 4.74 Å². The van der Waals surface area contributed by atoms with Crippen molar-refractivity contribution in [2.45, 2.75) is 25.9 Å². The van der Waals surface area contributed by atoms with E-state index in [1.54, 1.807) is 0 Å². The van der Waals surface area contributed by atoms with Crippen LogP contribution in [0.4, 0.5) is 0 Å². The summed E-state index contributed by atoms with van der Waals surface area (Å²) in [6, 6.07) is 8.17. The Hall–Kier alpha value is -1.19. The maximum absolute atomic E-state index is 11.8. The van der Waals surface area contributed by atoms with Crippen LogP contribution in [0.25, 0.3) is 0 Å². The van der Waals surface area contributed by atoms with Crippen LogP contribution in [-0.2, 0) is 22.5 Å². The summed E-state index contributed by atoms with van der Waals surface area (Å²) < 4.78 is 5.15. The molecule has 0 saturated heterocycles. The van der Waals surface area contributed by atoms with Crippen LogP contribution >= 0.6 is 0 Å². The Morgan fingerprint density at radius 2 is 2.19 bits per heavy atom. The van der Waals surface area contributed by atoms with Crippen LogP contribution in [0.1, 0.15) is 18.1 Å². The van der Waals surface area contributed by atoms with Gasteiger partial charge in [0.25, 0.3) is 0 Å². The molecular weight excluding hydrogens is 202 g/mol. The Morgan fingerprint density at radius 1 is 1.44 bits per heavy atom. The number of carbonyl (C=O) groups is 1. The first-order valence-corrected chi connectivity index (χ1v) is 5.72. The summed E-state index contributed by atoms with van der Waals surface area (Å²) in [5, 5.41) is 3.25. The second kappa shape index (κ2) is 5.23. The van der Waals surface area contributed by atoms with Crippen molar-refractivity contribution in [1.29, 1.82) is 0 Å². The van der Waals surface area contributed by atoms with Gasteiger partial charge in [-0.25, -0.2) is 0 Å². The summed E-state index contributed by atoms with van der Waals surface area (Å²) in [6.45, 7) is 3.49. The zero-order chi connectivity index (χ0) is 11.4. The maximum atomic E-state index is 11.8. The van der Waals surface area contributed by atoms with Crippen LogP contribution in [0.3, 0.4) is 0 Å². The molecular formula is C13H17NO2. The van der Waals surface area contributed by atoms with Crippen molar-refractivity contribution in [2.24, 2.45) is 0 Å². The van der Waals surface area contributed by atoms with Crippen molar-refractivity contribution in [1.82, 2.24) is 5.32 Å². The first-order valence-electron chi connectivity index (χ1n) is 5.72. The number of ketones is 1. The second-order valence-corrected chi connectivity index (χ2v) is 4.01. The van der Waals surface area contributed by atoms with Gasteiger partial charge < -0.3 is 10.1 Å². The molecule has 1 heterocycles. The molecule has 0 saturated carbocycles. The third-order valence-corrected chi connectivity index (χ3v) is 2.92. The van der Waals surface area contributed by atoms with E-state index in [0.717, 1.165) is 13.0 Å². The monoisotopic (exact) mass is 219 g/mol. The van der Waals surface area contributed by atoms with E-state index in [1.165, 1.54) is 11.1 Å². The molecule has 2 rings (SSSR count). The zero-order valence-corrected chi connectivity index (χ0v) is 9.53. The van der Waals surface area contributed by atoms with Crippen LogP contribution in [0, 0.1) is 0 Å². The van der Waals surface area contributed by atoms with Gasteiger partial charge in [-0.2, -0.15) is 0 Å². The Morgan fingerprint density at radius 3 is 2.94 bits per heavy atom. The minimum absolute atomic E-state index is 0.0820. The van der Waals surface area contributed by atoms with Gasteiger partial charge in [0.05, 0.1) is 6.04 Å². The van der Waals surface area contributed by atoms with Gasteiger partial charge in [-0.3, -0.25) is 4.79 Å². The first kappa shape index (κ1) is 11.3. The normalized spacial score (nSPS) is 19.2. The Balaban J connectivity index is 1.99. The Bertz CT molecular complexity index is 376. The third kappa shape index (κ3) is 2.49. The van der Waals surface area contributed by atoms with Gasteiger partial charge in [-0.1, -0.05) is 24.3 Å². The van der Waals surface area contributed by atoms with Crippen LogP contribution in [-0.4, -0.2) is 25.0 Å². The number of hydrogen-bond acceptors (Lipinski definition) is 3. The van der Waals surface area contributed by atoms with E-state index in [9.17, 15) is 4.79 Å². The highest BCUT2D eigenvalue weighted by Gasteiger charge is 2.23. The van der Waals surface area contributed by atoms with Gasteiger partial charge in [0.1, 0.15) is 6.61 Å². The van der Waals surface area contributed by atoms with E-state index >= 15 is 0 Å². The quantitative estimate of drug-likeness (QED) is 0.829. The summed E-state index contributed by atoms with van der Waals surface area (Å²) in [7, 11) is 0. The molecule has 1 atom stereocenters. The van der Waals surface area contributed by atoms with Crippen molar-refractivity contribution in [2.75, 3.05) is 13.2 Å². The lowest BCUT2D eigenvalue weighted by Gasteiger charge is -2.24. The van der Waals surface area contributed by atoms with Crippen molar-refractivity contribution in [3.63, 3.8) is 0 Å². The molecule has 1 aliphatic rings. The molecule has 0 amide bonds. The van der Waals surface area contributed by atoms with Crippen LogP contribution in [0.5, 0.6) is 0 Å². The molecule has 1 N–H and O–H groups in total. The standard InChI is InChI=1S/C13H17NO2/c1-2-16-9-13(15)12-7-10-5-3-4-6-11(10)8-14-12/h3-6,12,14H,2,7-9H2,1H3. The lowest BCUT2D eigenvalue weighted by molar-refractivity contribution is -0.125. The SMILES string of the molecule is CCOCC(=O)C1Cc2ccccc2CN1. The van der Waals surface area contributed by atoms with Gasteiger partial charge in [0.2, 0.25) is 0 Å². The first-order chi connectivity index (χ1) is 7.81. The number of carbonyl (C=O) groups excluding carboxylic acids is 1. The molecule has 0 radical (unpaired) electrons. The third-order valence-electron chi connectivity index (χ3n) is 2.92. The summed E-state index contributed by atoms with van der Waals surface area (Å²) >= 11 is 0. The van der Waals surface area contributed by atoms with Gasteiger partial charge in [0, 0.05) is 13.2 Å². The number of ether oxygens (including phenoxy) is 1. The number of nitrogens with one attached hydrogen (secondary N) is 1. The molecule has 0 spiro atoms. The predicted octanol–water partition coefficient (Wildman–Crippen LogP) is 1.31. The number of hydrogen-bond donors (Lipinski definition) is 1. The summed E-state index contributed by atoms with van der Waals surface area (Å²) in [5.74, 6) is 0.149. The van der Waals surface area contributed by atoms with Crippen molar-refractivity contribution in [3.8, 4) is 0 Å². The topological polar surface area (TPSA) is 38.3 Å². The number of fused-ring (bicyclic) bond motifs is 1. The molecule has 16 heavy (non-hydrogen) atoms. The molecule has 1 aromatic carbocycles. The van der Waals surface area contributed by atoms with Crippen LogP contribution < -0.4 is 5.32 Å². The lowest BCUT2D eigenvalue weighted by Crippen LogP contribution is -2.43. The Kier molecular flexibility index (Phi) is 3.70. The van der Waals surface area contributed by atoms with Gasteiger partial charge in [0.15, 0.2) is 5.78 Å². The van der Waals surface area contributed by atoms with Crippen molar-refractivity contribution in [3.05, 3.63) is 35.4 Å². The molecule has 0 fully saturated rings. The number of Topliss-reactive ketones (excluding diaryl/α,β-unsaturated/α-hetero) is 1. The second-order valence-electron chi connectivity index (χ2n) is 4.01. The lowest BCUT2D eigenvalue weighted by atomic mass is 9.94. The molecule has 3 heteroatoms. The fourth-order valence-electron chi connectivity index (χ4n) is 1.99. The van der Waals surface area contributed by atoms with Crippen LogP contribution in [0.15, 0.2) is 24.3 Å².